The van der Waals surface area contributed by atoms with Crippen LogP contribution >= 0.6 is 11.3 Å². The van der Waals surface area contributed by atoms with Crippen LogP contribution in [0.25, 0.3) is 70.9 Å². The number of fused-ring (bicyclic) bond motifs is 4. The normalized spacial score (nSPS) is 10.8. The van der Waals surface area contributed by atoms with E-state index in [9.17, 15) is 0 Å². The summed E-state index contributed by atoms with van der Waals surface area (Å²) < 4.78 is 4.63. The number of thiophene rings is 1. The Bertz CT molecular complexity index is 2370. The molecule has 0 atom stereocenters. The molecule has 4 heterocycles. The van der Waals surface area contributed by atoms with E-state index in [1.165, 1.54) is 20.2 Å². The first-order valence-electron chi connectivity index (χ1n) is 15.0. The van der Waals surface area contributed by atoms with Crippen molar-refractivity contribution in [3.8, 4) is 39.6 Å². The summed E-state index contributed by atoms with van der Waals surface area (Å²) in [6.07, 6.45) is 1.79. The summed E-state index contributed by atoms with van der Waals surface area (Å²) >= 11 is 1.79. The minimum atomic E-state index is 0. The largest absolute Gasteiger partial charge is 0.318 e. The van der Waals surface area contributed by atoms with Crippen molar-refractivity contribution in [1.82, 2.24) is 19.5 Å². The van der Waals surface area contributed by atoms with E-state index in [-0.39, 0.29) is 20.1 Å². The first-order valence-corrected chi connectivity index (χ1v) is 15.9. The summed E-state index contributed by atoms with van der Waals surface area (Å²) in [5.41, 5.74) is 7.77. The van der Waals surface area contributed by atoms with E-state index in [0.29, 0.717) is 0 Å². The summed E-state index contributed by atoms with van der Waals surface area (Å²) in [5, 5.41) is 2.50. The van der Waals surface area contributed by atoms with Crippen molar-refractivity contribution in [2.75, 3.05) is 0 Å². The predicted octanol–water partition coefficient (Wildman–Crippen LogP) is 10.5. The van der Waals surface area contributed by atoms with Crippen LogP contribution in [0.5, 0.6) is 0 Å². The predicted molar refractivity (Wildman–Crippen MR) is 190 cm³/mol. The van der Waals surface area contributed by atoms with Crippen LogP contribution in [0, 0.1) is 12.1 Å². The fraction of sp³-hybridized carbons (Fsp3) is 0. The van der Waals surface area contributed by atoms with Gasteiger partial charge in [-0.05, 0) is 52.2 Å². The summed E-state index contributed by atoms with van der Waals surface area (Å²) in [6.45, 7) is 0. The monoisotopic (exact) mass is 799 g/mol. The molecule has 0 N–H and O–H groups in total. The van der Waals surface area contributed by atoms with Crippen molar-refractivity contribution < 1.29 is 20.1 Å². The van der Waals surface area contributed by atoms with Gasteiger partial charge >= 0.3 is 0 Å². The number of para-hydroxylation sites is 1. The minimum Gasteiger partial charge on any atom is -0.318 e. The standard InChI is InChI=1S/C30H18N3S.C11H8N.Ir/c1-3-10-20(11-4-1)25-18-19-26-30(31-25)33(21-12-5-2-6-13-21)29(32-26)24-16-9-15-23-22-14-7-8-17-27(22)34-28(23)24;1-2-6-10(7-3-1)11-8-4-5-9-12-11;/h1-15,17-19H;1-6,8-9H;/q2*-1;. The Morgan fingerprint density at radius 1 is 0.574 bits per heavy atom. The number of aromatic nitrogens is 4. The fourth-order valence-corrected chi connectivity index (χ4v) is 6.84. The van der Waals surface area contributed by atoms with Crippen molar-refractivity contribution in [1.29, 1.82) is 0 Å². The van der Waals surface area contributed by atoms with Gasteiger partial charge in [0.05, 0.1) is 17.0 Å². The Kier molecular flexibility index (Phi) is 8.81. The Hall–Kier alpha value is -5.26. The van der Waals surface area contributed by atoms with E-state index in [0.717, 1.165) is 50.8 Å². The van der Waals surface area contributed by atoms with E-state index in [2.05, 4.69) is 94.5 Å². The van der Waals surface area contributed by atoms with Crippen LogP contribution in [0.4, 0.5) is 0 Å². The number of imidazole rings is 1. The van der Waals surface area contributed by atoms with Gasteiger partial charge in [0.2, 0.25) is 0 Å². The fourth-order valence-electron chi connectivity index (χ4n) is 5.65. The first-order chi connectivity index (χ1) is 22.8. The van der Waals surface area contributed by atoms with Gasteiger partial charge in [-0.15, -0.1) is 54.1 Å². The smallest absolute Gasteiger partial charge is 0.156 e. The van der Waals surface area contributed by atoms with Gasteiger partial charge in [-0.1, -0.05) is 89.8 Å². The van der Waals surface area contributed by atoms with E-state index in [1.54, 1.807) is 17.5 Å². The molecule has 0 aliphatic carbocycles. The van der Waals surface area contributed by atoms with E-state index >= 15 is 0 Å². The van der Waals surface area contributed by atoms with Crippen LogP contribution in [0.2, 0.25) is 0 Å². The van der Waals surface area contributed by atoms with E-state index < -0.39 is 0 Å². The molecule has 0 fully saturated rings. The topological polar surface area (TPSA) is 43.6 Å². The molecule has 0 spiro atoms. The Morgan fingerprint density at radius 3 is 2.13 bits per heavy atom. The molecular weight excluding hydrogens is 773 g/mol. The van der Waals surface area contributed by atoms with Gasteiger partial charge in [0.1, 0.15) is 0 Å². The zero-order chi connectivity index (χ0) is 30.7. The number of nitrogens with zero attached hydrogens (tertiary/aromatic N) is 4. The molecule has 0 bridgehead atoms. The zero-order valence-electron chi connectivity index (χ0n) is 25.0. The first kappa shape index (κ1) is 30.4. The number of rotatable bonds is 4. The third kappa shape index (κ3) is 6.02. The maximum atomic E-state index is 5.09. The summed E-state index contributed by atoms with van der Waals surface area (Å²) in [6, 6.07) is 57.8. The van der Waals surface area contributed by atoms with Gasteiger partial charge in [-0.3, -0.25) is 4.98 Å². The minimum absolute atomic E-state index is 0. The van der Waals surface area contributed by atoms with Gasteiger partial charge in [0.25, 0.3) is 0 Å². The Balaban J connectivity index is 0.000000228. The summed E-state index contributed by atoms with van der Waals surface area (Å²) in [4.78, 5) is 14.4. The molecule has 0 saturated carbocycles. The van der Waals surface area contributed by atoms with Gasteiger partial charge in [-0.2, -0.15) is 11.3 Å². The second kappa shape index (κ2) is 13.6. The third-order valence-corrected chi connectivity index (χ3v) is 9.00. The molecule has 5 aromatic carbocycles. The average Bonchev–Trinajstić information content (AvgIpc) is 3.72. The molecule has 1 radical (unpaired) electrons. The number of pyridine rings is 2. The van der Waals surface area contributed by atoms with Gasteiger partial charge in [0.15, 0.2) is 5.65 Å². The molecule has 0 saturated heterocycles. The second-order valence-corrected chi connectivity index (χ2v) is 11.7. The molecule has 6 heteroatoms. The molecule has 0 aliphatic rings. The molecule has 0 unspecified atom stereocenters. The van der Waals surface area contributed by atoms with Crippen LogP contribution in [-0.4, -0.2) is 19.5 Å². The molecule has 47 heavy (non-hydrogen) atoms. The Morgan fingerprint density at radius 2 is 1.34 bits per heavy atom. The third-order valence-electron chi connectivity index (χ3n) is 7.80. The molecule has 0 aliphatic heterocycles. The molecule has 4 nitrogen and oxygen atoms in total. The SMILES string of the molecule is [Ir].[c-]1ccc2c(sc3ccccc32)c1-c1nc2ccc(-c3ccccc3)nc2n1-c1ccccc1.[c-]1ccccc1-c1ccccn1. The van der Waals surface area contributed by atoms with Crippen LogP contribution < -0.4 is 0 Å². The quantitative estimate of drug-likeness (QED) is 0.167. The van der Waals surface area contributed by atoms with Crippen LogP contribution in [0.1, 0.15) is 0 Å². The number of benzene rings is 5. The second-order valence-electron chi connectivity index (χ2n) is 10.7. The van der Waals surface area contributed by atoms with Crippen LogP contribution in [0.15, 0.2) is 158 Å². The van der Waals surface area contributed by atoms with Crippen LogP contribution in [0.3, 0.4) is 0 Å². The van der Waals surface area contributed by atoms with Gasteiger partial charge in [-0.25, -0.2) is 4.98 Å². The van der Waals surface area contributed by atoms with Gasteiger partial charge < -0.3 is 9.55 Å². The molecule has 4 aromatic heterocycles. The molecule has 0 amide bonds. The summed E-state index contributed by atoms with van der Waals surface area (Å²) in [5.74, 6) is 0.857. The maximum Gasteiger partial charge on any atom is 0.156 e. The van der Waals surface area contributed by atoms with E-state index in [4.69, 9.17) is 9.97 Å². The average molecular weight is 799 g/mol. The molecule has 9 aromatic rings. The van der Waals surface area contributed by atoms with Crippen molar-refractivity contribution >= 4 is 42.7 Å². The maximum absolute atomic E-state index is 5.09. The molecule has 9 rings (SSSR count). The van der Waals surface area contributed by atoms with E-state index in [1.807, 2.05) is 78.9 Å². The van der Waals surface area contributed by atoms with Crippen molar-refractivity contribution in [2.24, 2.45) is 0 Å². The van der Waals surface area contributed by atoms with Crippen molar-refractivity contribution in [3.63, 3.8) is 0 Å². The van der Waals surface area contributed by atoms with Gasteiger partial charge in [0, 0.05) is 42.3 Å². The molecule has 227 valence electrons. The molecular formula is C41H26IrN4S-2. The number of hydrogen-bond donors (Lipinski definition) is 0. The summed E-state index contributed by atoms with van der Waals surface area (Å²) in [7, 11) is 0. The number of hydrogen-bond acceptors (Lipinski definition) is 4. The van der Waals surface area contributed by atoms with Crippen LogP contribution in [-0.2, 0) is 20.1 Å². The Labute approximate surface area is 290 Å². The zero-order valence-corrected chi connectivity index (χ0v) is 28.3. The van der Waals surface area contributed by atoms with Crippen molar-refractivity contribution in [3.05, 3.63) is 170 Å². The van der Waals surface area contributed by atoms with Crippen molar-refractivity contribution in [2.45, 2.75) is 0 Å².